The number of nitrogens with one attached hydrogen (secondary N) is 1. The molecule has 0 bridgehead atoms. The Hall–Kier alpha value is -1.75. The molecule has 2 aromatic heterocycles. The molecule has 1 N–H and O–H groups in total. The second-order valence-electron chi connectivity index (χ2n) is 6.38. The van der Waals surface area contributed by atoms with Gasteiger partial charge in [0.15, 0.2) is 0 Å². The number of aryl methyl sites for hydroxylation is 1. The zero-order valence-corrected chi connectivity index (χ0v) is 13.5. The van der Waals surface area contributed by atoms with Crippen LogP contribution in [0.25, 0.3) is 11.4 Å². The summed E-state index contributed by atoms with van der Waals surface area (Å²) < 4.78 is 5.42. The van der Waals surface area contributed by atoms with Gasteiger partial charge in [0.1, 0.15) is 0 Å². The molecule has 0 saturated heterocycles. The van der Waals surface area contributed by atoms with Crippen LogP contribution in [-0.2, 0) is 6.42 Å². The predicted molar refractivity (Wildman–Crippen MR) is 82.9 cm³/mol. The minimum Gasteiger partial charge on any atom is -0.339 e. The lowest BCUT2D eigenvalue weighted by molar-refractivity contribution is 0.247. The van der Waals surface area contributed by atoms with Crippen LogP contribution < -0.4 is 5.32 Å². The Morgan fingerprint density at radius 3 is 2.71 bits per heavy atom. The molecule has 21 heavy (non-hydrogen) atoms. The smallest absolute Gasteiger partial charge is 0.228 e. The Labute approximate surface area is 126 Å². The third kappa shape index (κ3) is 3.88. The molecule has 2 aromatic rings. The summed E-state index contributed by atoms with van der Waals surface area (Å²) in [6.45, 7) is 11.7. The van der Waals surface area contributed by atoms with Gasteiger partial charge in [-0.15, -0.1) is 0 Å². The van der Waals surface area contributed by atoms with Crippen LogP contribution in [-0.4, -0.2) is 27.7 Å². The number of hydrogen-bond donors (Lipinski definition) is 1. The normalized spacial score (nSPS) is 13.4. The van der Waals surface area contributed by atoms with Gasteiger partial charge < -0.3 is 9.84 Å². The van der Waals surface area contributed by atoms with Crippen molar-refractivity contribution in [1.29, 1.82) is 0 Å². The van der Waals surface area contributed by atoms with Crippen LogP contribution in [0, 0.1) is 12.3 Å². The van der Waals surface area contributed by atoms with Gasteiger partial charge in [0.05, 0.1) is 0 Å². The van der Waals surface area contributed by atoms with Gasteiger partial charge in [0.2, 0.25) is 11.7 Å². The van der Waals surface area contributed by atoms with Crippen molar-refractivity contribution in [2.75, 3.05) is 6.54 Å². The molecule has 0 aliphatic heterocycles. The highest BCUT2D eigenvalue weighted by atomic mass is 16.5. The highest BCUT2D eigenvalue weighted by molar-refractivity contribution is 5.57. The van der Waals surface area contributed by atoms with E-state index in [9.17, 15) is 0 Å². The summed E-state index contributed by atoms with van der Waals surface area (Å²) >= 11 is 0. The number of likely N-dealkylation sites (N-methyl/N-ethyl adjacent to an activating group) is 1. The highest BCUT2D eigenvalue weighted by Gasteiger charge is 2.26. The van der Waals surface area contributed by atoms with Gasteiger partial charge in [-0.25, -0.2) is 0 Å². The van der Waals surface area contributed by atoms with E-state index in [1.165, 1.54) is 0 Å². The van der Waals surface area contributed by atoms with Crippen LogP contribution >= 0.6 is 0 Å². The average Bonchev–Trinajstić information content (AvgIpc) is 2.86. The molecular formula is C16H24N4O. The van der Waals surface area contributed by atoms with Gasteiger partial charge in [0, 0.05) is 30.4 Å². The Bertz CT molecular complexity index is 586. The predicted octanol–water partition coefficient (Wildman–Crippen LogP) is 3.01. The van der Waals surface area contributed by atoms with E-state index < -0.39 is 0 Å². The molecule has 0 spiro atoms. The van der Waals surface area contributed by atoms with Crippen molar-refractivity contribution >= 4 is 0 Å². The molecule has 0 radical (unpaired) electrons. The lowest BCUT2D eigenvalue weighted by Crippen LogP contribution is -2.41. The molecule has 0 aromatic carbocycles. The van der Waals surface area contributed by atoms with Gasteiger partial charge in [0.25, 0.3) is 0 Å². The number of nitrogens with zero attached hydrogens (tertiary/aromatic N) is 3. The van der Waals surface area contributed by atoms with E-state index in [1.807, 2.05) is 13.0 Å². The largest absolute Gasteiger partial charge is 0.339 e. The monoisotopic (exact) mass is 288 g/mol. The minimum absolute atomic E-state index is 0.134. The molecule has 0 saturated carbocycles. The van der Waals surface area contributed by atoms with E-state index in [-0.39, 0.29) is 5.41 Å². The van der Waals surface area contributed by atoms with Gasteiger partial charge in [-0.2, -0.15) is 4.98 Å². The summed E-state index contributed by atoms with van der Waals surface area (Å²) in [5.41, 5.74) is 2.15. The molecule has 0 amide bonds. The van der Waals surface area contributed by atoms with E-state index in [2.05, 4.69) is 48.1 Å². The first kappa shape index (κ1) is 15.6. The Balaban J connectivity index is 2.18. The zero-order valence-electron chi connectivity index (χ0n) is 13.5. The lowest BCUT2D eigenvalue weighted by Gasteiger charge is -2.30. The first-order chi connectivity index (χ1) is 9.91. The number of rotatable bonds is 5. The summed E-state index contributed by atoms with van der Waals surface area (Å²) in [5, 5.41) is 7.58. The lowest BCUT2D eigenvalue weighted by atomic mass is 9.84. The molecule has 2 rings (SSSR count). The molecule has 5 nitrogen and oxygen atoms in total. The fourth-order valence-corrected chi connectivity index (χ4v) is 2.25. The third-order valence-electron chi connectivity index (χ3n) is 3.62. The third-order valence-corrected chi connectivity index (χ3v) is 3.62. The molecule has 1 unspecified atom stereocenters. The van der Waals surface area contributed by atoms with E-state index in [4.69, 9.17) is 4.52 Å². The summed E-state index contributed by atoms with van der Waals surface area (Å²) in [6.07, 6.45) is 4.26. The maximum Gasteiger partial charge on any atom is 0.228 e. The Morgan fingerprint density at radius 2 is 2.10 bits per heavy atom. The number of aromatic nitrogens is 3. The highest BCUT2D eigenvalue weighted by Crippen LogP contribution is 2.24. The quantitative estimate of drug-likeness (QED) is 0.916. The first-order valence-electron chi connectivity index (χ1n) is 7.38. The molecule has 0 aliphatic carbocycles. The van der Waals surface area contributed by atoms with E-state index in [0.29, 0.717) is 17.8 Å². The average molecular weight is 288 g/mol. The van der Waals surface area contributed by atoms with Crippen molar-refractivity contribution in [3.05, 3.63) is 29.9 Å². The topological polar surface area (TPSA) is 63.8 Å². The second kappa shape index (κ2) is 6.35. The van der Waals surface area contributed by atoms with Crippen molar-refractivity contribution in [1.82, 2.24) is 20.4 Å². The van der Waals surface area contributed by atoms with Crippen molar-refractivity contribution < 1.29 is 4.52 Å². The van der Waals surface area contributed by atoms with Crippen LogP contribution in [0.4, 0.5) is 0 Å². The molecule has 0 fully saturated rings. The van der Waals surface area contributed by atoms with Crippen molar-refractivity contribution in [2.45, 2.75) is 47.1 Å². The molecule has 5 heteroatoms. The van der Waals surface area contributed by atoms with E-state index in [1.54, 1.807) is 12.4 Å². The fourth-order valence-electron chi connectivity index (χ4n) is 2.25. The summed E-state index contributed by atoms with van der Waals surface area (Å²) in [5.74, 6) is 1.27. The Kier molecular flexibility index (Phi) is 4.73. The van der Waals surface area contributed by atoms with Gasteiger partial charge in [-0.1, -0.05) is 32.9 Å². The summed E-state index contributed by atoms with van der Waals surface area (Å²) in [7, 11) is 0. The maximum absolute atomic E-state index is 5.42. The number of hydrogen-bond acceptors (Lipinski definition) is 5. The molecule has 114 valence electrons. The minimum atomic E-state index is 0.134. The van der Waals surface area contributed by atoms with E-state index in [0.717, 1.165) is 24.1 Å². The Morgan fingerprint density at radius 1 is 1.33 bits per heavy atom. The second-order valence-corrected chi connectivity index (χ2v) is 6.38. The first-order valence-corrected chi connectivity index (χ1v) is 7.38. The molecule has 2 heterocycles. The van der Waals surface area contributed by atoms with Gasteiger partial charge >= 0.3 is 0 Å². The summed E-state index contributed by atoms with van der Waals surface area (Å²) in [6, 6.07) is 2.24. The van der Waals surface area contributed by atoms with E-state index >= 15 is 0 Å². The molecule has 1 atom stereocenters. The van der Waals surface area contributed by atoms with Crippen molar-refractivity contribution in [2.24, 2.45) is 5.41 Å². The maximum atomic E-state index is 5.42. The summed E-state index contributed by atoms with van der Waals surface area (Å²) in [4.78, 5) is 8.65. The van der Waals surface area contributed by atoms with Crippen molar-refractivity contribution in [3.8, 4) is 11.4 Å². The van der Waals surface area contributed by atoms with Crippen LogP contribution in [0.2, 0.25) is 0 Å². The molecular weight excluding hydrogens is 264 g/mol. The standard InChI is InChI=1S/C16H24N4O/c1-6-18-13(16(3,4)5)9-14-19-15(20-21-14)12-10-17-8-7-11(12)2/h7-8,10,13,18H,6,9H2,1-5H3. The SMILES string of the molecule is CCNC(Cc1nc(-c2cnccc2C)no1)C(C)(C)C. The van der Waals surface area contributed by atoms with Crippen LogP contribution in [0.3, 0.4) is 0 Å². The fraction of sp³-hybridized carbons (Fsp3) is 0.562. The number of pyridine rings is 1. The van der Waals surface area contributed by atoms with Crippen molar-refractivity contribution in [3.63, 3.8) is 0 Å². The zero-order chi connectivity index (χ0) is 15.5. The van der Waals surface area contributed by atoms with Crippen LogP contribution in [0.1, 0.15) is 39.1 Å². The van der Waals surface area contributed by atoms with Gasteiger partial charge in [-0.3, -0.25) is 4.98 Å². The molecule has 0 aliphatic rings. The van der Waals surface area contributed by atoms with Gasteiger partial charge in [-0.05, 0) is 30.5 Å². The van der Waals surface area contributed by atoms with Crippen LogP contribution in [0.15, 0.2) is 23.0 Å². The van der Waals surface area contributed by atoms with Crippen LogP contribution in [0.5, 0.6) is 0 Å².